The molecule has 4 aromatic rings. The second kappa shape index (κ2) is 8.51. The number of thiophene rings is 2. The van der Waals surface area contributed by atoms with Gasteiger partial charge in [0.25, 0.3) is 0 Å². The third-order valence-electron chi connectivity index (χ3n) is 4.82. The smallest absolute Gasteiger partial charge is 0.131 e. The SMILES string of the molecule is CCCc1ccc(-c2ccc(-c3cc4sc(C#C[Si](C)(C)C)cc4s3)cc2)c(F)c1. The largest absolute Gasteiger partial charge is 0.206 e. The van der Waals surface area contributed by atoms with Gasteiger partial charge in [-0.3, -0.25) is 0 Å². The van der Waals surface area contributed by atoms with Crippen molar-refractivity contribution in [2.24, 2.45) is 0 Å². The Bertz CT molecular complexity index is 1210. The van der Waals surface area contributed by atoms with Gasteiger partial charge >= 0.3 is 0 Å². The molecule has 0 fully saturated rings. The molecule has 0 amide bonds. The molecule has 0 radical (unpaired) electrons. The first-order valence-corrected chi connectivity index (χ1v) is 15.4. The number of aryl methyl sites for hydroxylation is 1. The van der Waals surface area contributed by atoms with Gasteiger partial charge in [-0.2, -0.15) is 0 Å². The molecule has 2 aromatic heterocycles. The molecular weight excluding hydrogens is 424 g/mol. The van der Waals surface area contributed by atoms with Crippen molar-refractivity contribution in [1.82, 2.24) is 0 Å². The molecule has 0 saturated heterocycles. The summed E-state index contributed by atoms with van der Waals surface area (Å²) in [6.45, 7) is 8.91. The number of rotatable bonds is 4. The van der Waals surface area contributed by atoms with E-state index in [9.17, 15) is 4.39 Å². The molecule has 152 valence electrons. The molecule has 0 saturated carbocycles. The molecule has 2 aromatic carbocycles. The van der Waals surface area contributed by atoms with E-state index in [2.05, 4.69) is 62.3 Å². The van der Waals surface area contributed by atoms with Gasteiger partial charge in [0, 0.05) is 19.8 Å². The van der Waals surface area contributed by atoms with E-state index in [0.717, 1.165) is 28.8 Å². The second-order valence-electron chi connectivity index (χ2n) is 8.59. The van der Waals surface area contributed by atoms with Crippen LogP contribution in [0.1, 0.15) is 23.8 Å². The zero-order valence-corrected chi connectivity index (χ0v) is 20.4. The maximum Gasteiger partial charge on any atom is 0.131 e. The van der Waals surface area contributed by atoms with E-state index < -0.39 is 8.07 Å². The van der Waals surface area contributed by atoms with Gasteiger partial charge in [0.15, 0.2) is 0 Å². The maximum absolute atomic E-state index is 14.5. The van der Waals surface area contributed by atoms with Gasteiger partial charge in [-0.15, -0.1) is 28.2 Å². The lowest BCUT2D eigenvalue weighted by atomic mass is 10.00. The van der Waals surface area contributed by atoms with Crippen LogP contribution in [-0.4, -0.2) is 8.07 Å². The van der Waals surface area contributed by atoms with E-state index in [1.807, 2.05) is 24.3 Å². The van der Waals surface area contributed by atoms with Crippen molar-refractivity contribution in [3.8, 4) is 33.0 Å². The van der Waals surface area contributed by atoms with Gasteiger partial charge in [-0.1, -0.05) is 75.3 Å². The Morgan fingerprint density at radius 3 is 2.20 bits per heavy atom. The Labute approximate surface area is 187 Å². The van der Waals surface area contributed by atoms with E-state index in [4.69, 9.17) is 0 Å². The van der Waals surface area contributed by atoms with Crippen LogP contribution in [0.4, 0.5) is 4.39 Å². The van der Waals surface area contributed by atoms with E-state index in [1.165, 1.54) is 19.8 Å². The predicted molar refractivity (Wildman–Crippen MR) is 135 cm³/mol. The quantitative estimate of drug-likeness (QED) is 0.216. The van der Waals surface area contributed by atoms with Crippen molar-refractivity contribution < 1.29 is 4.39 Å². The average molecular weight is 449 g/mol. The minimum atomic E-state index is -1.35. The average Bonchev–Trinajstić information content (AvgIpc) is 3.25. The molecule has 4 heteroatoms. The van der Waals surface area contributed by atoms with Crippen LogP contribution in [-0.2, 0) is 6.42 Å². The highest BCUT2D eigenvalue weighted by Gasteiger charge is 2.11. The van der Waals surface area contributed by atoms with Gasteiger partial charge in [0.2, 0.25) is 0 Å². The minimum absolute atomic E-state index is 0.141. The lowest BCUT2D eigenvalue weighted by molar-refractivity contribution is 0.628. The third kappa shape index (κ3) is 4.75. The van der Waals surface area contributed by atoms with Crippen LogP contribution < -0.4 is 0 Å². The molecule has 0 aliphatic rings. The van der Waals surface area contributed by atoms with E-state index in [1.54, 1.807) is 28.7 Å². The van der Waals surface area contributed by atoms with Gasteiger partial charge in [-0.25, -0.2) is 4.39 Å². The van der Waals surface area contributed by atoms with Crippen molar-refractivity contribution >= 4 is 40.1 Å². The first-order valence-electron chi connectivity index (χ1n) is 10.3. The van der Waals surface area contributed by atoms with Gasteiger partial charge in [-0.05, 0) is 41.3 Å². The summed E-state index contributed by atoms with van der Waals surface area (Å²) in [6.07, 6.45) is 1.94. The van der Waals surface area contributed by atoms with Crippen LogP contribution in [0.5, 0.6) is 0 Å². The van der Waals surface area contributed by atoms with Crippen LogP contribution in [0.3, 0.4) is 0 Å². The molecule has 0 atom stereocenters. The van der Waals surface area contributed by atoms with Crippen LogP contribution in [0.15, 0.2) is 54.6 Å². The molecule has 30 heavy (non-hydrogen) atoms. The fourth-order valence-electron chi connectivity index (χ4n) is 3.34. The summed E-state index contributed by atoms with van der Waals surface area (Å²) in [6, 6.07) is 18.3. The summed E-state index contributed by atoms with van der Waals surface area (Å²) in [4.78, 5) is 2.40. The van der Waals surface area contributed by atoms with Crippen molar-refractivity contribution in [3.63, 3.8) is 0 Å². The summed E-state index contributed by atoms with van der Waals surface area (Å²) < 4.78 is 17.1. The highest BCUT2D eigenvalue weighted by Crippen LogP contribution is 2.38. The Morgan fingerprint density at radius 2 is 1.57 bits per heavy atom. The summed E-state index contributed by atoms with van der Waals surface area (Å²) >= 11 is 3.57. The first kappa shape index (κ1) is 21.1. The number of benzene rings is 2. The van der Waals surface area contributed by atoms with E-state index >= 15 is 0 Å². The van der Waals surface area contributed by atoms with Crippen LogP contribution >= 0.6 is 22.7 Å². The van der Waals surface area contributed by atoms with Crippen LogP contribution in [0.2, 0.25) is 19.6 Å². The third-order valence-corrected chi connectivity index (χ3v) is 7.95. The molecular formula is C26H25FS2Si. The Balaban J connectivity index is 1.57. The van der Waals surface area contributed by atoms with Crippen LogP contribution in [0.25, 0.3) is 31.0 Å². The molecule has 0 aliphatic carbocycles. The molecule has 0 spiro atoms. The normalized spacial score (nSPS) is 11.5. The molecule has 0 nitrogen and oxygen atoms in total. The zero-order chi connectivity index (χ0) is 21.3. The van der Waals surface area contributed by atoms with Gasteiger partial charge in [0.1, 0.15) is 13.9 Å². The fourth-order valence-corrected chi connectivity index (χ4v) is 6.20. The van der Waals surface area contributed by atoms with E-state index in [0.29, 0.717) is 5.56 Å². The fraction of sp³-hybridized carbons (Fsp3) is 0.231. The summed E-state index contributed by atoms with van der Waals surface area (Å²) in [5, 5.41) is 0. The lowest BCUT2D eigenvalue weighted by Crippen LogP contribution is -2.16. The molecule has 4 rings (SSSR count). The monoisotopic (exact) mass is 448 g/mol. The van der Waals surface area contributed by atoms with E-state index in [-0.39, 0.29) is 5.82 Å². The Kier molecular flexibility index (Phi) is 5.97. The minimum Gasteiger partial charge on any atom is -0.206 e. The summed E-state index contributed by atoms with van der Waals surface area (Å²) in [5.41, 5.74) is 7.26. The van der Waals surface area contributed by atoms with Crippen molar-refractivity contribution in [2.45, 2.75) is 39.4 Å². The van der Waals surface area contributed by atoms with Crippen molar-refractivity contribution in [2.75, 3.05) is 0 Å². The zero-order valence-electron chi connectivity index (χ0n) is 17.8. The van der Waals surface area contributed by atoms with Gasteiger partial charge < -0.3 is 0 Å². The Morgan fingerprint density at radius 1 is 0.867 bits per heavy atom. The van der Waals surface area contributed by atoms with Crippen LogP contribution in [0, 0.1) is 17.3 Å². The summed E-state index contributed by atoms with van der Waals surface area (Å²) in [5.74, 6) is 3.22. The standard InChI is InChI=1S/C26H25FS2Si/c1-5-6-18-7-12-22(23(27)15-18)19-8-10-20(11-9-19)24-17-26-25(29-24)16-21(28-26)13-14-30(2,3)4/h7-12,15-17H,5-6H2,1-4H3. The second-order valence-corrected chi connectivity index (χ2v) is 15.5. The van der Waals surface area contributed by atoms with Gasteiger partial charge in [0.05, 0.1) is 4.88 Å². The maximum atomic E-state index is 14.5. The Hall–Kier alpha value is -2.19. The highest BCUT2D eigenvalue weighted by atomic mass is 32.1. The number of fused-ring (bicyclic) bond motifs is 1. The predicted octanol–water partition coefficient (Wildman–Crippen LogP) is 8.62. The molecule has 0 aliphatic heterocycles. The lowest BCUT2D eigenvalue weighted by Gasteiger charge is -2.07. The topological polar surface area (TPSA) is 0 Å². The van der Waals surface area contributed by atoms with Crippen molar-refractivity contribution in [3.05, 3.63) is 70.9 Å². The molecule has 0 unspecified atom stereocenters. The highest BCUT2D eigenvalue weighted by molar-refractivity contribution is 7.29. The number of halogens is 1. The molecule has 0 bridgehead atoms. The summed E-state index contributed by atoms with van der Waals surface area (Å²) in [7, 11) is -1.35. The van der Waals surface area contributed by atoms with Crippen molar-refractivity contribution in [1.29, 1.82) is 0 Å². The first-order chi connectivity index (χ1) is 14.3. The number of hydrogen-bond donors (Lipinski definition) is 0. The number of hydrogen-bond acceptors (Lipinski definition) is 2. The molecule has 2 heterocycles. The molecule has 0 N–H and O–H groups in total.